The van der Waals surface area contributed by atoms with Crippen LogP contribution in [0.5, 0.6) is 0 Å². The Morgan fingerprint density at radius 2 is 1.67 bits per heavy atom. The summed E-state index contributed by atoms with van der Waals surface area (Å²) in [5, 5.41) is 0. The van der Waals surface area contributed by atoms with E-state index in [-0.39, 0.29) is 10.7 Å². The van der Waals surface area contributed by atoms with Crippen molar-refractivity contribution in [3.05, 3.63) is 24.3 Å². The molecule has 2 aliphatic rings. The summed E-state index contributed by atoms with van der Waals surface area (Å²) in [4.78, 5) is 2.51. The van der Waals surface area contributed by atoms with Crippen LogP contribution in [0.2, 0.25) is 0 Å². The van der Waals surface area contributed by atoms with E-state index in [9.17, 15) is 8.42 Å². The first-order valence-corrected chi connectivity index (χ1v) is 8.59. The van der Waals surface area contributed by atoms with Gasteiger partial charge in [0.1, 0.15) is 0 Å². The highest BCUT2D eigenvalue weighted by Gasteiger charge is 2.39. The molecule has 0 unspecified atom stereocenters. The van der Waals surface area contributed by atoms with Gasteiger partial charge in [0.05, 0.1) is 18.1 Å². The van der Waals surface area contributed by atoms with E-state index < -0.39 is 10.0 Å². The van der Waals surface area contributed by atoms with Crippen molar-refractivity contribution >= 4 is 15.7 Å². The standard InChI is InChI=1S/C14H20N2O4S/c1-15-21(17,18)13-4-2-12(3-5-13)16-8-6-14(7-9-16)19-10-11-20-14/h2-5,15H,6-11H2,1H3. The van der Waals surface area contributed by atoms with Crippen LogP contribution in [0.15, 0.2) is 29.2 Å². The fraction of sp³-hybridized carbons (Fsp3) is 0.571. The maximum Gasteiger partial charge on any atom is 0.240 e. The zero-order valence-corrected chi connectivity index (χ0v) is 12.9. The second kappa shape index (κ2) is 5.57. The molecule has 0 aromatic heterocycles. The maximum absolute atomic E-state index is 11.7. The number of benzene rings is 1. The molecule has 0 radical (unpaired) electrons. The van der Waals surface area contributed by atoms with Gasteiger partial charge in [0.15, 0.2) is 5.79 Å². The molecule has 0 aliphatic carbocycles. The molecule has 1 N–H and O–H groups in total. The summed E-state index contributed by atoms with van der Waals surface area (Å²) in [7, 11) is -1.96. The lowest BCUT2D eigenvalue weighted by Crippen LogP contribution is -2.45. The van der Waals surface area contributed by atoms with Crippen molar-refractivity contribution in [1.82, 2.24) is 4.72 Å². The molecule has 2 fully saturated rings. The number of nitrogens with zero attached hydrogens (tertiary/aromatic N) is 1. The average Bonchev–Trinajstić information content (AvgIpc) is 2.96. The first-order chi connectivity index (χ1) is 10.0. The van der Waals surface area contributed by atoms with Gasteiger partial charge in [-0.2, -0.15) is 0 Å². The molecule has 1 spiro atoms. The predicted molar refractivity (Wildman–Crippen MR) is 78.8 cm³/mol. The quantitative estimate of drug-likeness (QED) is 0.899. The number of rotatable bonds is 3. The molecule has 2 heterocycles. The number of ether oxygens (including phenoxy) is 2. The molecule has 2 saturated heterocycles. The second-order valence-electron chi connectivity index (χ2n) is 5.30. The summed E-state index contributed by atoms with van der Waals surface area (Å²) in [6.45, 7) is 3.05. The summed E-state index contributed by atoms with van der Waals surface area (Å²) < 4.78 is 37.1. The zero-order valence-electron chi connectivity index (χ0n) is 12.0. The van der Waals surface area contributed by atoms with Gasteiger partial charge < -0.3 is 14.4 Å². The van der Waals surface area contributed by atoms with Crippen LogP contribution in [0.25, 0.3) is 0 Å². The van der Waals surface area contributed by atoms with E-state index in [0.717, 1.165) is 31.6 Å². The SMILES string of the molecule is CNS(=O)(=O)c1ccc(N2CCC3(CC2)OCCO3)cc1. The predicted octanol–water partition coefficient (Wildman–Crippen LogP) is 0.938. The number of hydrogen-bond donors (Lipinski definition) is 1. The third-order valence-electron chi connectivity index (χ3n) is 4.12. The van der Waals surface area contributed by atoms with Gasteiger partial charge in [-0.15, -0.1) is 0 Å². The van der Waals surface area contributed by atoms with Gasteiger partial charge >= 0.3 is 0 Å². The van der Waals surface area contributed by atoms with Gasteiger partial charge in [-0.25, -0.2) is 13.1 Å². The van der Waals surface area contributed by atoms with Crippen molar-refractivity contribution in [2.75, 3.05) is 38.3 Å². The van der Waals surface area contributed by atoms with Crippen molar-refractivity contribution in [2.24, 2.45) is 0 Å². The highest BCUT2D eigenvalue weighted by atomic mass is 32.2. The van der Waals surface area contributed by atoms with E-state index in [1.165, 1.54) is 7.05 Å². The minimum atomic E-state index is -3.37. The minimum absolute atomic E-state index is 0.282. The fourth-order valence-corrected chi connectivity index (χ4v) is 3.58. The number of sulfonamides is 1. The van der Waals surface area contributed by atoms with Crippen LogP contribution in [0.4, 0.5) is 5.69 Å². The van der Waals surface area contributed by atoms with Gasteiger partial charge in [-0.1, -0.05) is 0 Å². The van der Waals surface area contributed by atoms with E-state index in [4.69, 9.17) is 9.47 Å². The van der Waals surface area contributed by atoms with Crippen molar-refractivity contribution < 1.29 is 17.9 Å². The highest BCUT2D eigenvalue weighted by Crippen LogP contribution is 2.33. The van der Waals surface area contributed by atoms with Gasteiger partial charge in [-0.05, 0) is 31.3 Å². The third kappa shape index (κ3) is 2.91. The van der Waals surface area contributed by atoms with Gasteiger partial charge in [-0.3, -0.25) is 0 Å². The van der Waals surface area contributed by atoms with Crippen molar-refractivity contribution in [3.8, 4) is 0 Å². The Morgan fingerprint density at radius 1 is 1.10 bits per heavy atom. The molecule has 6 nitrogen and oxygen atoms in total. The molecule has 3 rings (SSSR count). The van der Waals surface area contributed by atoms with Gasteiger partial charge in [0, 0.05) is 31.6 Å². The smallest absolute Gasteiger partial charge is 0.240 e. The zero-order chi connectivity index (χ0) is 14.9. The molecular weight excluding hydrogens is 292 g/mol. The lowest BCUT2D eigenvalue weighted by atomic mass is 10.0. The Balaban J connectivity index is 1.68. The molecule has 2 aliphatic heterocycles. The molecule has 0 saturated carbocycles. The second-order valence-corrected chi connectivity index (χ2v) is 7.18. The normalized spacial score (nSPS) is 21.9. The highest BCUT2D eigenvalue weighted by molar-refractivity contribution is 7.89. The number of anilines is 1. The molecule has 116 valence electrons. The Hall–Kier alpha value is -1.15. The summed E-state index contributed by atoms with van der Waals surface area (Å²) in [5.74, 6) is -0.383. The summed E-state index contributed by atoms with van der Waals surface area (Å²) >= 11 is 0. The van der Waals surface area contributed by atoms with Crippen molar-refractivity contribution in [2.45, 2.75) is 23.5 Å². The first kappa shape index (κ1) is 14.8. The van der Waals surface area contributed by atoms with Crippen LogP contribution < -0.4 is 9.62 Å². The van der Waals surface area contributed by atoms with Crippen molar-refractivity contribution in [3.63, 3.8) is 0 Å². The number of nitrogens with one attached hydrogen (secondary N) is 1. The van der Waals surface area contributed by atoms with E-state index >= 15 is 0 Å². The molecule has 21 heavy (non-hydrogen) atoms. The molecule has 0 amide bonds. The lowest BCUT2D eigenvalue weighted by Gasteiger charge is -2.38. The summed E-state index contributed by atoms with van der Waals surface area (Å²) in [6.07, 6.45) is 1.67. The van der Waals surface area contributed by atoms with E-state index in [2.05, 4.69) is 9.62 Å². The Labute approximate surface area is 125 Å². The molecule has 0 atom stereocenters. The topological polar surface area (TPSA) is 67.9 Å². The van der Waals surface area contributed by atoms with Crippen LogP contribution in [-0.2, 0) is 19.5 Å². The monoisotopic (exact) mass is 312 g/mol. The average molecular weight is 312 g/mol. The van der Waals surface area contributed by atoms with E-state index in [1.54, 1.807) is 12.1 Å². The number of piperidine rings is 1. The van der Waals surface area contributed by atoms with Crippen LogP contribution in [0, 0.1) is 0 Å². The van der Waals surface area contributed by atoms with Gasteiger partial charge in [0.25, 0.3) is 0 Å². The Bertz CT molecular complexity index is 584. The largest absolute Gasteiger partial charge is 0.371 e. The molecule has 0 bridgehead atoms. The molecular formula is C14H20N2O4S. The summed E-state index contributed by atoms with van der Waals surface area (Å²) in [6, 6.07) is 6.96. The number of hydrogen-bond acceptors (Lipinski definition) is 5. The van der Waals surface area contributed by atoms with E-state index in [0.29, 0.717) is 13.2 Å². The maximum atomic E-state index is 11.7. The lowest BCUT2D eigenvalue weighted by molar-refractivity contribution is -0.169. The van der Waals surface area contributed by atoms with Gasteiger partial charge in [0.2, 0.25) is 10.0 Å². The molecule has 1 aromatic rings. The minimum Gasteiger partial charge on any atom is -0.371 e. The van der Waals surface area contributed by atoms with Crippen molar-refractivity contribution in [1.29, 1.82) is 0 Å². The summed E-state index contributed by atoms with van der Waals surface area (Å²) in [5.41, 5.74) is 1.03. The Morgan fingerprint density at radius 3 is 2.19 bits per heavy atom. The van der Waals surface area contributed by atoms with Crippen LogP contribution in [-0.4, -0.2) is 47.6 Å². The third-order valence-corrected chi connectivity index (χ3v) is 5.55. The fourth-order valence-electron chi connectivity index (χ4n) is 2.85. The molecule has 7 heteroatoms. The molecule has 1 aromatic carbocycles. The first-order valence-electron chi connectivity index (χ1n) is 7.11. The van der Waals surface area contributed by atoms with Crippen LogP contribution in [0.3, 0.4) is 0 Å². The Kier molecular flexibility index (Phi) is 3.92. The van der Waals surface area contributed by atoms with Crippen LogP contribution >= 0.6 is 0 Å². The van der Waals surface area contributed by atoms with Crippen LogP contribution in [0.1, 0.15) is 12.8 Å². The van der Waals surface area contributed by atoms with E-state index in [1.807, 2.05) is 12.1 Å².